The van der Waals surface area contributed by atoms with Gasteiger partial charge in [0, 0.05) is 18.0 Å². The smallest absolute Gasteiger partial charge is 0.343 e. The number of esters is 1. The number of pyridine rings is 1. The number of nitrogens with zero attached hydrogens (tertiary/aromatic N) is 1. The van der Waals surface area contributed by atoms with Gasteiger partial charge in [0.15, 0.2) is 0 Å². The van der Waals surface area contributed by atoms with Crippen LogP contribution in [0.1, 0.15) is 16.7 Å². The summed E-state index contributed by atoms with van der Waals surface area (Å²) in [6.07, 6.45) is 6.99. The molecule has 0 N–H and O–H groups in total. The molecule has 2 heterocycles. The number of fused-ring (bicyclic) bond motifs is 1. The van der Waals surface area contributed by atoms with Crippen molar-refractivity contribution in [1.82, 2.24) is 4.98 Å². The minimum atomic E-state index is -0.328. The highest BCUT2D eigenvalue weighted by molar-refractivity contribution is 6.05. The second-order valence-electron chi connectivity index (χ2n) is 5.84. The molecule has 3 nitrogen and oxygen atoms in total. The summed E-state index contributed by atoms with van der Waals surface area (Å²) in [5, 5.41) is 2.30. The molecule has 2 aromatic carbocycles. The van der Waals surface area contributed by atoms with Gasteiger partial charge in [-0.25, -0.2) is 4.79 Å². The normalized spacial score (nSPS) is 15.6. The molecule has 0 unspecified atom stereocenters. The summed E-state index contributed by atoms with van der Waals surface area (Å²) >= 11 is 0. The maximum Gasteiger partial charge on any atom is 0.343 e. The zero-order valence-corrected chi connectivity index (χ0v) is 13.2. The Labute approximate surface area is 139 Å². The Morgan fingerprint density at radius 3 is 2.54 bits per heavy atom. The molecular weight excluding hydrogens is 298 g/mol. The third kappa shape index (κ3) is 2.72. The second kappa shape index (κ2) is 5.78. The van der Waals surface area contributed by atoms with E-state index in [2.05, 4.69) is 36.2 Å². The zero-order valence-electron chi connectivity index (χ0n) is 13.2. The van der Waals surface area contributed by atoms with Crippen molar-refractivity contribution in [2.45, 2.75) is 6.92 Å². The first-order valence-corrected chi connectivity index (χ1v) is 7.75. The Morgan fingerprint density at radius 2 is 1.71 bits per heavy atom. The van der Waals surface area contributed by atoms with Crippen LogP contribution < -0.4 is 0 Å². The van der Waals surface area contributed by atoms with Gasteiger partial charge >= 0.3 is 5.97 Å². The number of hydrogen-bond acceptors (Lipinski definition) is 3. The number of cyclic esters (lactones) is 1. The Bertz CT molecular complexity index is 1000. The third-order valence-electron chi connectivity index (χ3n) is 4.03. The SMILES string of the molecule is Cc1ccc2cc(C3=C/C(=C/c4ccncc4)C(=O)O3)ccc2c1. The molecule has 0 saturated heterocycles. The van der Waals surface area contributed by atoms with Gasteiger partial charge in [-0.2, -0.15) is 0 Å². The van der Waals surface area contributed by atoms with Crippen LogP contribution in [0.3, 0.4) is 0 Å². The van der Waals surface area contributed by atoms with Gasteiger partial charge in [0.1, 0.15) is 5.76 Å². The minimum Gasteiger partial charge on any atom is -0.422 e. The van der Waals surface area contributed by atoms with Gasteiger partial charge in [-0.3, -0.25) is 4.98 Å². The van der Waals surface area contributed by atoms with Crippen molar-refractivity contribution in [3.63, 3.8) is 0 Å². The second-order valence-corrected chi connectivity index (χ2v) is 5.84. The monoisotopic (exact) mass is 313 g/mol. The van der Waals surface area contributed by atoms with E-state index in [0.29, 0.717) is 11.3 Å². The molecule has 0 saturated carbocycles. The molecule has 0 fully saturated rings. The van der Waals surface area contributed by atoms with Gasteiger partial charge < -0.3 is 4.74 Å². The number of hydrogen-bond donors (Lipinski definition) is 0. The van der Waals surface area contributed by atoms with Crippen LogP contribution in [0.5, 0.6) is 0 Å². The van der Waals surface area contributed by atoms with Crippen LogP contribution in [-0.4, -0.2) is 11.0 Å². The van der Waals surface area contributed by atoms with E-state index in [1.807, 2.05) is 24.3 Å². The molecule has 4 rings (SSSR count). The van der Waals surface area contributed by atoms with Crippen molar-refractivity contribution in [3.8, 4) is 0 Å². The van der Waals surface area contributed by atoms with Crippen molar-refractivity contribution in [1.29, 1.82) is 0 Å². The molecule has 116 valence electrons. The van der Waals surface area contributed by atoms with Gasteiger partial charge in [-0.05, 0) is 53.6 Å². The van der Waals surface area contributed by atoms with Gasteiger partial charge in [-0.1, -0.05) is 35.9 Å². The first-order chi connectivity index (χ1) is 11.7. The quantitative estimate of drug-likeness (QED) is 0.515. The van der Waals surface area contributed by atoms with E-state index >= 15 is 0 Å². The van der Waals surface area contributed by atoms with Gasteiger partial charge in [-0.15, -0.1) is 0 Å². The average molecular weight is 313 g/mol. The van der Waals surface area contributed by atoms with Crippen LogP contribution in [0.2, 0.25) is 0 Å². The Morgan fingerprint density at radius 1 is 0.958 bits per heavy atom. The first kappa shape index (κ1) is 14.4. The summed E-state index contributed by atoms with van der Waals surface area (Å²) in [6.45, 7) is 2.07. The van der Waals surface area contributed by atoms with Crippen LogP contribution in [0.4, 0.5) is 0 Å². The van der Waals surface area contributed by atoms with E-state index in [1.54, 1.807) is 24.5 Å². The molecule has 1 aliphatic rings. The molecule has 0 radical (unpaired) electrons. The van der Waals surface area contributed by atoms with Gasteiger partial charge in [0.05, 0.1) is 5.57 Å². The molecule has 24 heavy (non-hydrogen) atoms. The van der Waals surface area contributed by atoms with E-state index in [-0.39, 0.29) is 5.97 Å². The largest absolute Gasteiger partial charge is 0.422 e. The third-order valence-corrected chi connectivity index (χ3v) is 4.03. The van der Waals surface area contributed by atoms with Crippen molar-refractivity contribution in [2.24, 2.45) is 0 Å². The number of aromatic nitrogens is 1. The van der Waals surface area contributed by atoms with Gasteiger partial charge in [0.25, 0.3) is 0 Å². The summed E-state index contributed by atoms with van der Waals surface area (Å²) < 4.78 is 5.44. The Kier molecular flexibility index (Phi) is 3.47. The maximum atomic E-state index is 12.1. The molecule has 0 atom stereocenters. The topological polar surface area (TPSA) is 39.2 Å². The summed E-state index contributed by atoms with van der Waals surface area (Å²) in [6, 6.07) is 16.1. The first-order valence-electron chi connectivity index (χ1n) is 7.75. The molecule has 1 aromatic heterocycles. The highest BCUT2D eigenvalue weighted by Crippen LogP contribution is 2.29. The number of ether oxygens (including phenoxy) is 1. The fraction of sp³-hybridized carbons (Fsp3) is 0.0476. The lowest BCUT2D eigenvalue weighted by Gasteiger charge is -2.05. The van der Waals surface area contributed by atoms with E-state index in [4.69, 9.17) is 4.74 Å². The van der Waals surface area contributed by atoms with Crippen LogP contribution in [0.15, 0.2) is 72.6 Å². The van der Waals surface area contributed by atoms with Crippen molar-refractivity contribution < 1.29 is 9.53 Å². The molecule has 1 aliphatic heterocycles. The van der Waals surface area contributed by atoms with Crippen molar-refractivity contribution >= 4 is 28.6 Å². The molecule has 0 aliphatic carbocycles. The summed E-state index contributed by atoms with van der Waals surface area (Å²) in [5.74, 6) is 0.258. The van der Waals surface area contributed by atoms with Gasteiger partial charge in [0.2, 0.25) is 0 Å². The highest BCUT2D eigenvalue weighted by atomic mass is 16.5. The van der Waals surface area contributed by atoms with E-state index < -0.39 is 0 Å². The molecule has 0 spiro atoms. The fourth-order valence-corrected chi connectivity index (χ4v) is 2.79. The van der Waals surface area contributed by atoms with E-state index in [0.717, 1.165) is 16.5 Å². The van der Waals surface area contributed by atoms with Crippen LogP contribution in [0.25, 0.3) is 22.6 Å². The van der Waals surface area contributed by atoms with Crippen molar-refractivity contribution in [2.75, 3.05) is 0 Å². The minimum absolute atomic E-state index is 0.328. The fourth-order valence-electron chi connectivity index (χ4n) is 2.79. The van der Waals surface area contributed by atoms with Crippen LogP contribution >= 0.6 is 0 Å². The van der Waals surface area contributed by atoms with E-state index in [9.17, 15) is 4.79 Å². The molecule has 0 bridgehead atoms. The Hall–Kier alpha value is -3.20. The van der Waals surface area contributed by atoms with Crippen LogP contribution in [0, 0.1) is 6.92 Å². The average Bonchev–Trinajstić information content (AvgIpc) is 2.96. The zero-order chi connectivity index (χ0) is 16.5. The predicted molar refractivity (Wildman–Crippen MR) is 95.0 cm³/mol. The standard InChI is InChI=1S/C21H15NO2/c1-14-2-3-17-12-18(5-4-16(17)10-14)20-13-19(21(23)24-20)11-15-6-8-22-9-7-15/h2-13H,1H3/b19-11-. The number of aryl methyl sites for hydroxylation is 1. The lowest BCUT2D eigenvalue weighted by Crippen LogP contribution is -1.97. The number of rotatable bonds is 2. The predicted octanol–water partition coefficient (Wildman–Crippen LogP) is 4.52. The number of carbonyl (C=O) groups excluding carboxylic acids is 1. The van der Waals surface area contributed by atoms with Crippen molar-refractivity contribution in [3.05, 3.63) is 89.3 Å². The Balaban J connectivity index is 1.72. The summed E-state index contributed by atoms with van der Waals surface area (Å²) in [5.41, 5.74) is 3.59. The summed E-state index contributed by atoms with van der Waals surface area (Å²) in [4.78, 5) is 16.1. The highest BCUT2D eigenvalue weighted by Gasteiger charge is 2.22. The molecule has 0 amide bonds. The lowest BCUT2D eigenvalue weighted by atomic mass is 10.0. The molecule has 3 heteroatoms. The number of benzene rings is 2. The van der Waals surface area contributed by atoms with Crippen LogP contribution in [-0.2, 0) is 9.53 Å². The van der Waals surface area contributed by atoms with E-state index in [1.165, 1.54) is 10.9 Å². The lowest BCUT2D eigenvalue weighted by molar-refractivity contribution is -0.130. The maximum absolute atomic E-state index is 12.1. The number of carbonyl (C=O) groups is 1. The summed E-state index contributed by atoms with van der Waals surface area (Å²) in [7, 11) is 0. The molecule has 3 aromatic rings. The molecular formula is C21H15NO2.